The van der Waals surface area contributed by atoms with E-state index in [9.17, 15) is 10.1 Å². The summed E-state index contributed by atoms with van der Waals surface area (Å²) in [6.07, 6.45) is 0.900. The van der Waals surface area contributed by atoms with Gasteiger partial charge in [-0.15, -0.1) is 0 Å². The van der Waals surface area contributed by atoms with Crippen LogP contribution in [-0.4, -0.2) is 24.7 Å². The van der Waals surface area contributed by atoms with E-state index in [0.29, 0.717) is 5.92 Å². The zero-order valence-corrected chi connectivity index (χ0v) is 12.5. The van der Waals surface area contributed by atoms with Crippen LogP contribution >= 0.6 is 0 Å². The second-order valence-corrected chi connectivity index (χ2v) is 5.31. The van der Waals surface area contributed by atoms with Crippen LogP contribution in [0.2, 0.25) is 0 Å². The van der Waals surface area contributed by atoms with E-state index in [1.165, 1.54) is 0 Å². The number of ether oxygens (including phenoxy) is 1. The van der Waals surface area contributed by atoms with Crippen LogP contribution < -0.4 is 5.32 Å². The molecule has 5 nitrogen and oxygen atoms in total. The summed E-state index contributed by atoms with van der Waals surface area (Å²) in [5, 5.41) is 14.3. The van der Waals surface area contributed by atoms with Crippen LogP contribution in [0, 0.1) is 16.0 Å². The molecule has 1 aromatic carbocycles. The fourth-order valence-corrected chi connectivity index (χ4v) is 1.94. The molecule has 0 saturated heterocycles. The second-order valence-electron chi connectivity index (χ2n) is 5.31. The molecule has 0 radical (unpaired) electrons. The number of hydrogen-bond acceptors (Lipinski definition) is 4. The Balaban J connectivity index is 2.36. The third kappa shape index (κ3) is 5.67. The van der Waals surface area contributed by atoms with Crippen molar-refractivity contribution in [2.24, 2.45) is 5.92 Å². The molecule has 0 aliphatic rings. The Labute approximate surface area is 120 Å². The van der Waals surface area contributed by atoms with E-state index in [-0.39, 0.29) is 16.7 Å². The third-order valence-corrected chi connectivity index (χ3v) is 2.97. The Hall–Kier alpha value is -1.46. The van der Waals surface area contributed by atoms with Crippen LogP contribution in [0.5, 0.6) is 0 Å². The molecule has 0 bridgehead atoms. The largest absolute Gasteiger partial charge is 0.381 e. The lowest BCUT2D eigenvalue weighted by Gasteiger charge is -2.14. The molecule has 0 amide bonds. The van der Waals surface area contributed by atoms with Crippen molar-refractivity contribution in [1.82, 2.24) is 5.32 Å². The normalized spacial score (nSPS) is 12.6. The monoisotopic (exact) mass is 280 g/mol. The summed E-state index contributed by atoms with van der Waals surface area (Å²) in [6, 6.07) is 6.81. The lowest BCUT2D eigenvalue weighted by Crippen LogP contribution is -2.22. The molecular formula is C15H24N2O3. The number of nitro groups is 1. The molecule has 0 fully saturated rings. The first-order valence-corrected chi connectivity index (χ1v) is 7.06. The van der Waals surface area contributed by atoms with Gasteiger partial charge in [0, 0.05) is 30.9 Å². The highest BCUT2D eigenvalue weighted by Crippen LogP contribution is 2.24. The van der Waals surface area contributed by atoms with Crippen molar-refractivity contribution >= 4 is 5.69 Å². The Morgan fingerprint density at radius 1 is 1.30 bits per heavy atom. The number of nitro benzene ring substituents is 1. The van der Waals surface area contributed by atoms with E-state index in [1.807, 2.05) is 13.0 Å². The van der Waals surface area contributed by atoms with Crippen LogP contribution in [-0.2, 0) is 4.74 Å². The van der Waals surface area contributed by atoms with Crippen molar-refractivity contribution in [3.05, 3.63) is 39.9 Å². The highest BCUT2D eigenvalue weighted by atomic mass is 16.6. The van der Waals surface area contributed by atoms with E-state index in [1.54, 1.807) is 18.2 Å². The predicted molar refractivity (Wildman–Crippen MR) is 79.8 cm³/mol. The van der Waals surface area contributed by atoms with Crippen molar-refractivity contribution < 1.29 is 9.66 Å². The number of rotatable bonds is 9. The van der Waals surface area contributed by atoms with Crippen molar-refractivity contribution in [2.75, 3.05) is 19.8 Å². The first-order valence-electron chi connectivity index (χ1n) is 7.06. The van der Waals surface area contributed by atoms with Crippen molar-refractivity contribution in [1.29, 1.82) is 0 Å². The molecule has 112 valence electrons. The maximum Gasteiger partial charge on any atom is 0.274 e. The van der Waals surface area contributed by atoms with Crippen molar-refractivity contribution in [3.8, 4) is 0 Å². The molecule has 1 N–H and O–H groups in total. The minimum absolute atomic E-state index is 0.0401. The lowest BCUT2D eigenvalue weighted by molar-refractivity contribution is -0.385. The summed E-state index contributed by atoms with van der Waals surface area (Å²) in [4.78, 5) is 10.6. The Morgan fingerprint density at radius 3 is 2.65 bits per heavy atom. The average Bonchev–Trinajstić information content (AvgIpc) is 2.42. The summed E-state index contributed by atoms with van der Waals surface area (Å²) < 4.78 is 5.50. The van der Waals surface area contributed by atoms with Crippen LogP contribution in [0.15, 0.2) is 24.3 Å². The lowest BCUT2D eigenvalue weighted by atomic mass is 10.1. The molecule has 0 aromatic heterocycles. The predicted octanol–water partition coefficient (Wildman–Crippen LogP) is 3.31. The zero-order valence-electron chi connectivity index (χ0n) is 12.5. The minimum Gasteiger partial charge on any atom is -0.381 e. The van der Waals surface area contributed by atoms with Gasteiger partial charge in [-0.25, -0.2) is 0 Å². The van der Waals surface area contributed by atoms with E-state index >= 15 is 0 Å². The maximum atomic E-state index is 11.0. The fraction of sp³-hybridized carbons (Fsp3) is 0.600. The quantitative estimate of drug-likeness (QED) is 0.428. The summed E-state index contributed by atoms with van der Waals surface area (Å²) in [7, 11) is 0. The highest BCUT2D eigenvalue weighted by molar-refractivity contribution is 5.41. The number of hydrogen-bond donors (Lipinski definition) is 1. The molecule has 5 heteroatoms. The minimum atomic E-state index is -0.334. The second kappa shape index (κ2) is 8.66. The van der Waals surface area contributed by atoms with Crippen molar-refractivity contribution in [2.45, 2.75) is 33.2 Å². The van der Waals surface area contributed by atoms with Crippen LogP contribution in [0.1, 0.15) is 38.8 Å². The van der Waals surface area contributed by atoms with Gasteiger partial charge in [-0.1, -0.05) is 32.0 Å². The number of nitrogens with zero attached hydrogens (tertiary/aromatic N) is 1. The molecule has 20 heavy (non-hydrogen) atoms. The van der Waals surface area contributed by atoms with Crippen LogP contribution in [0.4, 0.5) is 5.69 Å². The summed E-state index contributed by atoms with van der Waals surface area (Å²) in [6.45, 7) is 8.46. The molecule has 0 heterocycles. The number of nitrogens with one attached hydrogen (secondary N) is 1. The van der Waals surface area contributed by atoms with E-state index < -0.39 is 0 Å². The molecular weight excluding hydrogens is 256 g/mol. The Morgan fingerprint density at radius 2 is 2.00 bits per heavy atom. The van der Waals surface area contributed by atoms with Gasteiger partial charge in [0.05, 0.1) is 4.92 Å². The molecule has 1 atom stereocenters. The van der Waals surface area contributed by atoms with Gasteiger partial charge in [0.15, 0.2) is 0 Å². The SMILES string of the molecule is CC(C)COCCCNC(C)c1ccccc1[N+](=O)[O-]. The Bertz CT molecular complexity index is 421. The molecule has 1 aromatic rings. The van der Waals surface area contributed by atoms with Gasteiger partial charge in [-0.05, 0) is 25.8 Å². The maximum absolute atomic E-state index is 11.0. The standard InChI is InChI=1S/C15H24N2O3/c1-12(2)11-20-10-6-9-16-13(3)14-7-4-5-8-15(14)17(18)19/h4-5,7-8,12-13,16H,6,9-11H2,1-3H3. The van der Waals surface area contributed by atoms with Gasteiger partial charge in [0.1, 0.15) is 0 Å². The van der Waals surface area contributed by atoms with E-state index in [4.69, 9.17) is 4.74 Å². The van der Waals surface area contributed by atoms with Crippen LogP contribution in [0.25, 0.3) is 0 Å². The van der Waals surface area contributed by atoms with Gasteiger partial charge in [-0.3, -0.25) is 10.1 Å². The van der Waals surface area contributed by atoms with Gasteiger partial charge in [0.25, 0.3) is 5.69 Å². The Kier molecular flexibility index (Phi) is 7.18. The number of benzene rings is 1. The van der Waals surface area contributed by atoms with Gasteiger partial charge in [-0.2, -0.15) is 0 Å². The molecule has 1 rings (SSSR count). The summed E-state index contributed by atoms with van der Waals surface area (Å²) >= 11 is 0. The number of para-hydroxylation sites is 1. The third-order valence-electron chi connectivity index (χ3n) is 2.97. The molecule has 0 spiro atoms. The highest BCUT2D eigenvalue weighted by Gasteiger charge is 2.17. The van der Waals surface area contributed by atoms with E-state index in [0.717, 1.165) is 31.7 Å². The molecule has 0 saturated carbocycles. The fourth-order valence-electron chi connectivity index (χ4n) is 1.94. The molecule has 1 unspecified atom stereocenters. The van der Waals surface area contributed by atoms with E-state index in [2.05, 4.69) is 19.2 Å². The van der Waals surface area contributed by atoms with Gasteiger partial charge >= 0.3 is 0 Å². The van der Waals surface area contributed by atoms with Gasteiger partial charge < -0.3 is 10.1 Å². The molecule has 0 aliphatic carbocycles. The summed E-state index contributed by atoms with van der Waals surface area (Å²) in [5.74, 6) is 0.550. The zero-order chi connectivity index (χ0) is 15.0. The first-order chi connectivity index (χ1) is 9.52. The van der Waals surface area contributed by atoms with Gasteiger partial charge in [0.2, 0.25) is 0 Å². The van der Waals surface area contributed by atoms with Crippen LogP contribution in [0.3, 0.4) is 0 Å². The van der Waals surface area contributed by atoms with Crippen molar-refractivity contribution in [3.63, 3.8) is 0 Å². The summed E-state index contributed by atoms with van der Waals surface area (Å²) in [5.41, 5.74) is 0.893. The average molecular weight is 280 g/mol. The smallest absolute Gasteiger partial charge is 0.274 e. The topological polar surface area (TPSA) is 64.4 Å². The first kappa shape index (κ1) is 16.6. The molecule has 0 aliphatic heterocycles.